The van der Waals surface area contributed by atoms with E-state index in [2.05, 4.69) is 22.5 Å². The lowest BCUT2D eigenvalue weighted by atomic mass is 9.98. The third kappa shape index (κ3) is 7.56. The van der Waals surface area contributed by atoms with Crippen LogP contribution >= 0.6 is 0 Å². The minimum absolute atomic E-state index is 0.0649. The van der Waals surface area contributed by atoms with Crippen molar-refractivity contribution >= 4 is 10.8 Å². The molecular formula is C35H23F11O2. The Balaban J connectivity index is 1.35. The second-order valence-corrected chi connectivity index (χ2v) is 10.8. The molecule has 0 aliphatic heterocycles. The fourth-order valence-electron chi connectivity index (χ4n) is 5.15. The Labute approximate surface area is 266 Å². The minimum atomic E-state index is -5.99. The van der Waals surface area contributed by atoms with Gasteiger partial charge in [-0.2, -0.15) is 17.6 Å². The summed E-state index contributed by atoms with van der Waals surface area (Å²) in [6.07, 6.45) is -12.5. The molecule has 0 saturated heterocycles. The predicted molar refractivity (Wildman–Crippen MR) is 155 cm³/mol. The zero-order chi connectivity index (χ0) is 35.0. The smallest absolute Gasteiger partial charge is 0.429 e. The van der Waals surface area contributed by atoms with Gasteiger partial charge < -0.3 is 4.74 Å². The van der Waals surface area contributed by atoms with E-state index in [4.69, 9.17) is 0 Å². The second kappa shape index (κ2) is 13.1. The molecule has 0 bridgehead atoms. The third-order valence-electron chi connectivity index (χ3n) is 7.41. The van der Waals surface area contributed by atoms with E-state index in [-0.39, 0.29) is 24.3 Å². The number of aryl methyl sites for hydroxylation is 1. The Bertz CT molecular complexity index is 1910. The van der Waals surface area contributed by atoms with Crippen molar-refractivity contribution in [2.24, 2.45) is 0 Å². The van der Waals surface area contributed by atoms with E-state index in [0.717, 1.165) is 47.7 Å². The lowest BCUT2D eigenvalue weighted by molar-refractivity contribution is -0.432. The first kappa shape index (κ1) is 34.7. The van der Waals surface area contributed by atoms with E-state index in [9.17, 15) is 39.5 Å². The van der Waals surface area contributed by atoms with Crippen LogP contribution in [0.3, 0.4) is 0 Å². The SMILES string of the molecule is CCCCc1ccc2cc(-c3ccc(C(F)(F)Oc4cc(F)c(-c5cc(F)c(C(F)(F)OC(F)(F)F)c(F)c5)c(F)c4)cc3)ccc2c1. The molecule has 0 fully saturated rings. The number of benzene rings is 5. The molecule has 0 unspecified atom stereocenters. The van der Waals surface area contributed by atoms with Crippen molar-refractivity contribution in [3.8, 4) is 28.0 Å². The number of unbranched alkanes of at least 4 members (excludes halogenated alkanes) is 1. The lowest BCUT2D eigenvalue weighted by Gasteiger charge is -2.21. The van der Waals surface area contributed by atoms with Crippen molar-refractivity contribution in [2.75, 3.05) is 0 Å². The van der Waals surface area contributed by atoms with E-state index >= 15 is 8.78 Å². The molecule has 5 rings (SSSR count). The van der Waals surface area contributed by atoms with Crippen LogP contribution in [0.15, 0.2) is 84.9 Å². The van der Waals surface area contributed by atoms with Gasteiger partial charge in [0.25, 0.3) is 0 Å². The summed E-state index contributed by atoms with van der Waals surface area (Å²) in [7, 11) is 0. The van der Waals surface area contributed by atoms with Crippen molar-refractivity contribution in [3.63, 3.8) is 0 Å². The average Bonchev–Trinajstić information content (AvgIpc) is 2.97. The highest BCUT2D eigenvalue weighted by molar-refractivity contribution is 5.88. The number of hydrogen-bond acceptors (Lipinski definition) is 2. The maximum absolute atomic E-state index is 15.0. The Hall–Kier alpha value is -4.65. The first-order chi connectivity index (χ1) is 22.5. The van der Waals surface area contributed by atoms with Crippen LogP contribution in [0.4, 0.5) is 48.3 Å². The van der Waals surface area contributed by atoms with Crippen molar-refractivity contribution < 1.29 is 57.8 Å². The highest BCUT2D eigenvalue weighted by Crippen LogP contribution is 2.42. The number of fused-ring (bicyclic) bond motifs is 1. The molecule has 5 aromatic carbocycles. The van der Waals surface area contributed by atoms with Gasteiger partial charge in [-0.1, -0.05) is 55.8 Å². The summed E-state index contributed by atoms with van der Waals surface area (Å²) in [4.78, 5) is 0. The van der Waals surface area contributed by atoms with Crippen LogP contribution in [0.25, 0.3) is 33.0 Å². The second-order valence-electron chi connectivity index (χ2n) is 10.8. The molecule has 252 valence electrons. The number of alkyl halides is 7. The maximum Gasteiger partial charge on any atom is 0.527 e. The van der Waals surface area contributed by atoms with Crippen LogP contribution in [0.2, 0.25) is 0 Å². The molecule has 0 amide bonds. The normalized spacial score (nSPS) is 12.5. The molecule has 0 heterocycles. The summed E-state index contributed by atoms with van der Waals surface area (Å²) in [5.74, 6) is -9.09. The first-order valence-corrected chi connectivity index (χ1v) is 14.3. The van der Waals surface area contributed by atoms with Crippen molar-refractivity contribution in [1.82, 2.24) is 0 Å². The summed E-state index contributed by atoms with van der Waals surface area (Å²) < 4.78 is 160. The van der Waals surface area contributed by atoms with Gasteiger partial charge in [0.05, 0.1) is 11.1 Å². The molecule has 2 nitrogen and oxygen atoms in total. The van der Waals surface area contributed by atoms with Gasteiger partial charge in [-0.05, 0) is 76.2 Å². The summed E-state index contributed by atoms with van der Waals surface area (Å²) in [5, 5.41) is 1.98. The van der Waals surface area contributed by atoms with Gasteiger partial charge in [0.1, 0.15) is 34.6 Å². The summed E-state index contributed by atoms with van der Waals surface area (Å²) in [6, 6.07) is 17.1. The lowest BCUT2D eigenvalue weighted by Crippen LogP contribution is -2.29. The molecule has 0 spiro atoms. The molecule has 0 radical (unpaired) electrons. The van der Waals surface area contributed by atoms with Gasteiger partial charge in [0.2, 0.25) is 0 Å². The number of hydrogen-bond donors (Lipinski definition) is 0. The Kier molecular flexibility index (Phi) is 9.46. The van der Waals surface area contributed by atoms with Crippen LogP contribution in [0, 0.1) is 23.3 Å². The van der Waals surface area contributed by atoms with E-state index < -0.39 is 69.9 Å². The summed E-state index contributed by atoms with van der Waals surface area (Å²) >= 11 is 0. The maximum atomic E-state index is 15.0. The van der Waals surface area contributed by atoms with Crippen molar-refractivity contribution in [2.45, 2.75) is 44.8 Å². The molecule has 0 aliphatic carbocycles. The third-order valence-corrected chi connectivity index (χ3v) is 7.41. The molecule has 0 atom stereocenters. The van der Waals surface area contributed by atoms with Gasteiger partial charge in [-0.25, -0.2) is 22.3 Å². The summed E-state index contributed by atoms with van der Waals surface area (Å²) in [5.41, 5.74) is -2.91. The quantitative estimate of drug-likeness (QED) is 0.136. The fourth-order valence-corrected chi connectivity index (χ4v) is 5.15. The van der Waals surface area contributed by atoms with Gasteiger partial charge >= 0.3 is 18.6 Å². The molecule has 0 N–H and O–H groups in total. The topological polar surface area (TPSA) is 18.5 Å². The van der Waals surface area contributed by atoms with E-state index in [1.165, 1.54) is 17.7 Å². The molecule has 13 heteroatoms. The minimum Gasteiger partial charge on any atom is -0.429 e. The van der Waals surface area contributed by atoms with Gasteiger partial charge in [0, 0.05) is 12.1 Å². The molecule has 5 aromatic rings. The van der Waals surface area contributed by atoms with E-state index in [0.29, 0.717) is 5.56 Å². The summed E-state index contributed by atoms with van der Waals surface area (Å²) in [6.45, 7) is 2.11. The van der Waals surface area contributed by atoms with Gasteiger partial charge in [-0.3, -0.25) is 0 Å². The van der Waals surface area contributed by atoms with E-state index in [1.807, 2.05) is 30.3 Å². The molecular weight excluding hydrogens is 661 g/mol. The van der Waals surface area contributed by atoms with Gasteiger partial charge in [0.15, 0.2) is 0 Å². The van der Waals surface area contributed by atoms with Crippen LogP contribution < -0.4 is 4.74 Å². The standard InChI is InChI=1S/C35H23F11O2/c1-2-3-4-19-5-6-23-14-22(8-7-21(23)13-19)20-9-11-25(12-10-20)33(40,41)47-26-17-27(36)31(28(37)18-26)24-15-29(38)32(30(39)16-24)34(42,43)48-35(44,45)46/h5-18H,2-4H2,1H3. The molecule has 48 heavy (non-hydrogen) atoms. The Morgan fingerprint density at radius 2 is 1.12 bits per heavy atom. The largest absolute Gasteiger partial charge is 0.527 e. The van der Waals surface area contributed by atoms with Crippen LogP contribution in [-0.4, -0.2) is 6.36 Å². The number of halogens is 11. The van der Waals surface area contributed by atoms with Crippen LogP contribution in [0.5, 0.6) is 5.75 Å². The van der Waals surface area contributed by atoms with Gasteiger partial charge in [-0.15, -0.1) is 13.2 Å². The van der Waals surface area contributed by atoms with Crippen LogP contribution in [0.1, 0.15) is 36.5 Å². The Morgan fingerprint density at radius 3 is 1.71 bits per heavy atom. The van der Waals surface area contributed by atoms with Crippen LogP contribution in [-0.2, 0) is 23.4 Å². The van der Waals surface area contributed by atoms with Crippen molar-refractivity contribution in [3.05, 3.63) is 125 Å². The zero-order valence-corrected chi connectivity index (χ0v) is 24.7. The highest BCUT2D eigenvalue weighted by atomic mass is 19.4. The molecule has 0 saturated carbocycles. The first-order valence-electron chi connectivity index (χ1n) is 14.3. The number of ether oxygens (including phenoxy) is 2. The Morgan fingerprint density at radius 1 is 0.562 bits per heavy atom. The number of rotatable bonds is 10. The highest BCUT2D eigenvalue weighted by Gasteiger charge is 2.49. The predicted octanol–water partition coefficient (Wildman–Crippen LogP) is 11.8. The van der Waals surface area contributed by atoms with Crippen molar-refractivity contribution in [1.29, 1.82) is 0 Å². The monoisotopic (exact) mass is 684 g/mol. The zero-order valence-electron chi connectivity index (χ0n) is 24.7. The van der Waals surface area contributed by atoms with E-state index in [1.54, 1.807) is 0 Å². The fraction of sp³-hybridized carbons (Fsp3) is 0.200. The average molecular weight is 685 g/mol. The molecule has 0 aliphatic rings. The molecule has 0 aromatic heterocycles.